The lowest BCUT2D eigenvalue weighted by Crippen LogP contribution is -2.28. The molecule has 0 radical (unpaired) electrons. The van der Waals surface area contributed by atoms with Crippen molar-refractivity contribution >= 4 is 21.6 Å². The molecule has 2 N–H and O–H groups in total. The van der Waals surface area contributed by atoms with Crippen LogP contribution in [0.3, 0.4) is 0 Å². The molecule has 1 amide bonds. The van der Waals surface area contributed by atoms with Gasteiger partial charge < -0.3 is 5.32 Å². The van der Waals surface area contributed by atoms with Crippen LogP contribution in [-0.4, -0.2) is 20.9 Å². The highest BCUT2D eigenvalue weighted by Gasteiger charge is 2.37. The molecule has 0 aliphatic heterocycles. The maximum Gasteiger partial charge on any atom is 0.417 e. The van der Waals surface area contributed by atoms with Crippen LogP contribution >= 0.6 is 0 Å². The highest BCUT2D eigenvalue weighted by atomic mass is 32.2. The van der Waals surface area contributed by atoms with Crippen molar-refractivity contribution in [3.05, 3.63) is 59.7 Å². The van der Waals surface area contributed by atoms with Crippen molar-refractivity contribution in [1.82, 2.24) is 5.32 Å². The molecule has 9 heteroatoms. The van der Waals surface area contributed by atoms with Gasteiger partial charge in [-0.15, -0.1) is 0 Å². The molecule has 0 unspecified atom stereocenters. The van der Waals surface area contributed by atoms with Crippen LogP contribution < -0.4 is 10.0 Å². The fourth-order valence-corrected chi connectivity index (χ4v) is 3.61. The topological polar surface area (TPSA) is 75.3 Å². The Morgan fingerprint density at radius 3 is 2.26 bits per heavy atom. The predicted molar refractivity (Wildman–Crippen MR) is 95.9 cm³/mol. The van der Waals surface area contributed by atoms with Crippen LogP contribution in [0.1, 0.15) is 29.8 Å². The van der Waals surface area contributed by atoms with Gasteiger partial charge in [-0.2, -0.15) is 13.2 Å². The van der Waals surface area contributed by atoms with Crippen molar-refractivity contribution in [2.24, 2.45) is 5.92 Å². The summed E-state index contributed by atoms with van der Waals surface area (Å²) in [6.45, 7) is 4.16. The molecule has 0 saturated carbocycles. The Balaban J connectivity index is 2.39. The van der Waals surface area contributed by atoms with E-state index in [0.29, 0.717) is 12.6 Å². The molecule has 0 bridgehead atoms. The molecule has 0 spiro atoms. The first-order valence-corrected chi connectivity index (χ1v) is 9.57. The lowest BCUT2D eigenvalue weighted by atomic mass is 10.1. The van der Waals surface area contributed by atoms with Gasteiger partial charge >= 0.3 is 6.18 Å². The van der Waals surface area contributed by atoms with E-state index in [1.807, 2.05) is 13.8 Å². The Hall–Kier alpha value is -2.55. The second kappa shape index (κ2) is 7.99. The summed E-state index contributed by atoms with van der Waals surface area (Å²) in [7, 11) is -4.56. The average molecular weight is 400 g/mol. The molecule has 2 aromatic rings. The molecule has 5 nitrogen and oxygen atoms in total. The third kappa shape index (κ3) is 5.22. The van der Waals surface area contributed by atoms with Crippen LogP contribution in [0, 0.1) is 5.92 Å². The van der Waals surface area contributed by atoms with Gasteiger partial charge in [0.2, 0.25) is 0 Å². The van der Waals surface area contributed by atoms with E-state index in [0.717, 1.165) is 12.1 Å². The minimum atomic E-state index is -4.83. The van der Waals surface area contributed by atoms with E-state index < -0.39 is 32.6 Å². The summed E-state index contributed by atoms with van der Waals surface area (Å²) in [5.74, 6) is -0.345. The normalized spacial score (nSPS) is 12.1. The minimum absolute atomic E-state index is 0.0196. The molecule has 0 atom stereocenters. The lowest BCUT2D eigenvalue weighted by Gasteiger charge is -2.16. The van der Waals surface area contributed by atoms with Crippen molar-refractivity contribution in [2.45, 2.75) is 24.9 Å². The fraction of sp³-hybridized carbons (Fsp3) is 0.278. The first-order chi connectivity index (χ1) is 12.5. The molecule has 0 saturated heterocycles. The maximum atomic E-state index is 13.1. The molecule has 0 fully saturated rings. The Kier molecular flexibility index (Phi) is 6.15. The Bertz CT molecular complexity index is 925. The number of alkyl halides is 3. The van der Waals surface area contributed by atoms with Crippen molar-refractivity contribution in [3.63, 3.8) is 0 Å². The average Bonchev–Trinajstić information content (AvgIpc) is 2.59. The SMILES string of the molecule is CC(C)CNC(=O)c1ccccc1NS(=O)(=O)c1ccccc1C(F)(F)F. The number of nitrogens with one attached hydrogen (secondary N) is 2. The number of amides is 1. The van der Waals surface area contributed by atoms with Crippen molar-refractivity contribution in [2.75, 3.05) is 11.3 Å². The van der Waals surface area contributed by atoms with Gasteiger partial charge in [0.05, 0.1) is 21.7 Å². The van der Waals surface area contributed by atoms with Crippen LogP contribution in [0.2, 0.25) is 0 Å². The standard InChI is InChI=1S/C18H19F3N2O3S/c1-12(2)11-22-17(24)13-7-3-5-9-15(13)23-27(25,26)16-10-6-4-8-14(16)18(19,20)21/h3-10,12,23H,11H2,1-2H3,(H,22,24). The van der Waals surface area contributed by atoms with Crippen LogP contribution in [0.25, 0.3) is 0 Å². The van der Waals surface area contributed by atoms with Crippen LogP contribution in [0.4, 0.5) is 18.9 Å². The third-order valence-corrected chi connectivity index (χ3v) is 4.99. The van der Waals surface area contributed by atoms with Gasteiger partial charge in [-0.05, 0) is 30.2 Å². The van der Waals surface area contributed by atoms with Crippen molar-refractivity contribution < 1.29 is 26.4 Å². The molecule has 0 heterocycles. The molecule has 27 heavy (non-hydrogen) atoms. The first-order valence-electron chi connectivity index (χ1n) is 8.08. The predicted octanol–water partition coefficient (Wildman–Crippen LogP) is 3.89. The summed E-state index contributed by atoms with van der Waals surface area (Å²) in [5.41, 5.74) is -1.36. The van der Waals surface area contributed by atoms with Crippen molar-refractivity contribution in [1.29, 1.82) is 0 Å². The molecule has 0 aromatic heterocycles. The smallest absolute Gasteiger partial charge is 0.352 e. The van der Waals surface area contributed by atoms with E-state index in [4.69, 9.17) is 0 Å². The molecule has 146 valence electrons. The fourth-order valence-electron chi connectivity index (χ4n) is 2.30. The van der Waals surface area contributed by atoms with Gasteiger partial charge in [0, 0.05) is 6.54 Å². The van der Waals surface area contributed by atoms with E-state index in [2.05, 4.69) is 10.0 Å². The van der Waals surface area contributed by atoms with Gasteiger partial charge in [0.15, 0.2) is 0 Å². The summed E-state index contributed by atoms with van der Waals surface area (Å²) in [5, 5.41) is 2.65. The van der Waals surface area contributed by atoms with E-state index >= 15 is 0 Å². The summed E-state index contributed by atoms with van der Waals surface area (Å²) in [6, 6.07) is 9.59. The highest BCUT2D eigenvalue weighted by molar-refractivity contribution is 7.92. The van der Waals surface area contributed by atoms with E-state index in [1.54, 1.807) is 0 Å². The number of carbonyl (C=O) groups excluding carboxylic acids is 1. The number of rotatable bonds is 6. The molecular formula is C18H19F3N2O3S. The van der Waals surface area contributed by atoms with E-state index in [-0.39, 0.29) is 17.2 Å². The third-order valence-electron chi connectivity index (χ3n) is 3.57. The van der Waals surface area contributed by atoms with Gasteiger partial charge in [0.1, 0.15) is 0 Å². The number of sulfonamides is 1. The number of halogens is 3. The molecule has 0 aliphatic carbocycles. The quantitative estimate of drug-likeness (QED) is 0.773. The van der Waals surface area contributed by atoms with Gasteiger partial charge in [0.25, 0.3) is 15.9 Å². The zero-order valence-electron chi connectivity index (χ0n) is 14.7. The second-order valence-corrected chi connectivity index (χ2v) is 7.90. The number of hydrogen-bond donors (Lipinski definition) is 2. The molecule has 2 aromatic carbocycles. The summed E-state index contributed by atoms with van der Waals surface area (Å²) in [6.07, 6.45) is -4.83. The number of hydrogen-bond acceptors (Lipinski definition) is 3. The molecule has 2 rings (SSSR count). The lowest BCUT2D eigenvalue weighted by molar-refractivity contribution is -0.139. The zero-order chi connectivity index (χ0) is 20.2. The van der Waals surface area contributed by atoms with Gasteiger partial charge in [-0.1, -0.05) is 38.1 Å². The molecule has 0 aliphatic rings. The number of benzene rings is 2. The zero-order valence-corrected chi connectivity index (χ0v) is 15.5. The van der Waals surface area contributed by atoms with Gasteiger partial charge in [-0.3, -0.25) is 9.52 Å². The largest absolute Gasteiger partial charge is 0.417 e. The number of para-hydroxylation sites is 1. The monoisotopic (exact) mass is 400 g/mol. The van der Waals surface area contributed by atoms with Crippen molar-refractivity contribution in [3.8, 4) is 0 Å². The summed E-state index contributed by atoms with van der Waals surface area (Å²) in [4.78, 5) is 11.4. The minimum Gasteiger partial charge on any atom is -0.352 e. The maximum absolute atomic E-state index is 13.1. The summed E-state index contributed by atoms with van der Waals surface area (Å²) >= 11 is 0. The van der Waals surface area contributed by atoms with E-state index in [1.165, 1.54) is 30.3 Å². The number of anilines is 1. The number of carbonyl (C=O) groups is 1. The Morgan fingerprint density at radius 1 is 1.04 bits per heavy atom. The van der Waals surface area contributed by atoms with Gasteiger partial charge in [-0.25, -0.2) is 8.42 Å². The van der Waals surface area contributed by atoms with E-state index in [9.17, 15) is 26.4 Å². The second-order valence-electron chi connectivity index (χ2n) is 6.25. The highest BCUT2D eigenvalue weighted by Crippen LogP contribution is 2.34. The van der Waals surface area contributed by atoms with Crippen LogP contribution in [0.15, 0.2) is 53.4 Å². The Morgan fingerprint density at radius 2 is 1.63 bits per heavy atom. The van der Waals surface area contributed by atoms with Crippen LogP contribution in [-0.2, 0) is 16.2 Å². The molecular weight excluding hydrogens is 381 g/mol. The van der Waals surface area contributed by atoms with Crippen LogP contribution in [0.5, 0.6) is 0 Å². The first kappa shape index (κ1) is 20.8. The Labute approximate surface area is 155 Å². The summed E-state index contributed by atoms with van der Waals surface area (Å²) < 4.78 is 66.7.